The Balaban J connectivity index is 1.52. The van der Waals surface area contributed by atoms with Gasteiger partial charge in [-0.25, -0.2) is 18.1 Å². The Bertz CT molecular complexity index is 703. The SMILES string of the molecule is O=S(=O)(NCCN1CCC[C@H]1Cn1cncn1)c1ccccc1. The molecule has 3 rings (SSSR count). The van der Waals surface area contributed by atoms with Crippen LogP contribution in [0.15, 0.2) is 47.9 Å². The zero-order chi connectivity index (χ0) is 16.1. The third-order valence-electron chi connectivity index (χ3n) is 4.11. The maximum Gasteiger partial charge on any atom is 0.240 e. The molecule has 0 unspecified atom stereocenters. The van der Waals surface area contributed by atoms with E-state index in [-0.39, 0.29) is 0 Å². The van der Waals surface area contributed by atoms with Gasteiger partial charge in [0.1, 0.15) is 12.7 Å². The van der Waals surface area contributed by atoms with Crippen molar-refractivity contribution in [2.75, 3.05) is 19.6 Å². The number of rotatable bonds is 7. The summed E-state index contributed by atoms with van der Waals surface area (Å²) in [6, 6.07) is 8.85. The molecule has 1 saturated heterocycles. The van der Waals surface area contributed by atoms with Crippen LogP contribution in [0.1, 0.15) is 12.8 Å². The molecular weight excluding hydrogens is 314 g/mol. The van der Waals surface area contributed by atoms with Gasteiger partial charge in [-0.05, 0) is 31.5 Å². The normalized spacial score (nSPS) is 19.2. The Hall–Kier alpha value is -1.77. The van der Waals surface area contributed by atoms with Crippen molar-refractivity contribution in [3.8, 4) is 0 Å². The molecular formula is C15H21N5O2S. The van der Waals surface area contributed by atoms with E-state index in [9.17, 15) is 8.42 Å². The van der Waals surface area contributed by atoms with Gasteiger partial charge in [0.05, 0.1) is 11.4 Å². The molecule has 124 valence electrons. The van der Waals surface area contributed by atoms with Gasteiger partial charge in [-0.1, -0.05) is 18.2 Å². The summed E-state index contributed by atoms with van der Waals surface area (Å²) >= 11 is 0. The summed E-state index contributed by atoms with van der Waals surface area (Å²) in [5.41, 5.74) is 0. The summed E-state index contributed by atoms with van der Waals surface area (Å²) in [6.45, 7) is 2.90. The van der Waals surface area contributed by atoms with E-state index in [0.717, 1.165) is 25.9 Å². The van der Waals surface area contributed by atoms with E-state index < -0.39 is 10.0 Å². The minimum Gasteiger partial charge on any atom is -0.297 e. The molecule has 0 bridgehead atoms. The molecule has 0 radical (unpaired) electrons. The van der Waals surface area contributed by atoms with Crippen LogP contribution in [0.5, 0.6) is 0 Å². The van der Waals surface area contributed by atoms with Gasteiger partial charge in [0, 0.05) is 19.1 Å². The van der Waals surface area contributed by atoms with Crippen molar-refractivity contribution in [3.05, 3.63) is 43.0 Å². The van der Waals surface area contributed by atoms with E-state index in [1.165, 1.54) is 6.33 Å². The molecule has 1 atom stereocenters. The molecule has 1 aromatic heterocycles. The van der Waals surface area contributed by atoms with Gasteiger partial charge in [0.25, 0.3) is 0 Å². The van der Waals surface area contributed by atoms with E-state index >= 15 is 0 Å². The highest BCUT2D eigenvalue weighted by atomic mass is 32.2. The predicted octanol–water partition coefficient (Wildman–Crippen LogP) is 0.721. The lowest BCUT2D eigenvalue weighted by Gasteiger charge is -2.24. The van der Waals surface area contributed by atoms with Crippen molar-refractivity contribution < 1.29 is 8.42 Å². The first kappa shape index (κ1) is 16.1. The topological polar surface area (TPSA) is 80.1 Å². The maximum atomic E-state index is 12.2. The van der Waals surface area contributed by atoms with E-state index in [1.54, 1.807) is 36.7 Å². The molecule has 7 nitrogen and oxygen atoms in total. The van der Waals surface area contributed by atoms with Crippen LogP contribution in [-0.4, -0.2) is 53.8 Å². The lowest BCUT2D eigenvalue weighted by atomic mass is 10.2. The number of nitrogens with zero attached hydrogens (tertiary/aromatic N) is 4. The quantitative estimate of drug-likeness (QED) is 0.806. The van der Waals surface area contributed by atoms with Crippen LogP contribution < -0.4 is 4.72 Å². The lowest BCUT2D eigenvalue weighted by molar-refractivity contribution is 0.231. The van der Waals surface area contributed by atoms with E-state index in [4.69, 9.17) is 0 Å². The second-order valence-corrected chi connectivity index (χ2v) is 7.43. The predicted molar refractivity (Wildman–Crippen MR) is 86.2 cm³/mol. The lowest BCUT2D eigenvalue weighted by Crippen LogP contribution is -2.39. The van der Waals surface area contributed by atoms with E-state index in [0.29, 0.717) is 24.0 Å². The third kappa shape index (κ3) is 4.15. The fourth-order valence-electron chi connectivity index (χ4n) is 2.95. The molecule has 0 spiro atoms. The number of sulfonamides is 1. The van der Waals surface area contributed by atoms with E-state index in [2.05, 4.69) is 19.7 Å². The Morgan fingerprint density at radius 2 is 2.09 bits per heavy atom. The summed E-state index contributed by atoms with van der Waals surface area (Å²) in [5, 5.41) is 4.14. The molecule has 8 heteroatoms. The number of aromatic nitrogens is 3. The van der Waals surface area contributed by atoms with Crippen LogP contribution in [0.4, 0.5) is 0 Å². The first-order chi connectivity index (χ1) is 11.1. The highest BCUT2D eigenvalue weighted by molar-refractivity contribution is 7.89. The summed E-state index contributed by atoms with van der Waals surface area (Å²) < 4.78 is 28.9. The number of nitrogens with one attached hydrogen (secondary N) is 1. The molecule has 23 heavy (non-hydrogen) atoms. The Morgan fingerprint density at radius 3 is 2.83 bits per heavy atom. The van der Waals surface area contributed by atoms with Crippen LogP contribution in [0.25, 0.3) is 0 Å². The average molecular weight is 335 g/mol. The molecule has 1 N–H and O–H groups in total. The Labute approximate surface area is 136 Å². The van der Waals surface area contributed by atoms with Crippen molar-refractivity contribution >= 4 is 10.0 Å². The molecule has 1 fully saturated rings. The highest BCUT2D eigenvalue weighted by Gasteiger charge is 2.25. The number of benzene rings is 1. The minimum absolute atomic E-state index is 0.306. The van der Waals surface area contributed by atoms with Crippen molar-refractivity contribution in [1.82, 2.24) is 24.4 Å². The zero-order valence-corrected chi connectivity index (χ0v) is 13.7. The molecule has 0 saturated carbocycles. The number of likely N-dealkylation sites (tertiary alicyclic amines) is 1. The molecule has 2 heterocycles. The molecule has 1 aliphatic rings. The highest BCUT2D eigenvalue weighted by Crippen LogP contribution is 2.18. The Morgan fingerprint density at radius 1 is 1.26 bits per heavy atom. The fraction of sp³-hybridized carbons (Fsp3) is 0.467. The van der Waals surface area contributed by atoms with Crippen LogP contribution in [0.3, 0.4) is 0 Å². The van der Waals surface area contributed by atoms with Gasteiger partial charge < -0.3 is 0 Å². The maximum absolute atomic E-state index is 12.2. The van der Waals surface area contributed by atoms with Crippen LogP contribution in [0, 0.1) is 0 Å². The van der Waals surface area contributed by atoms with Gasteiger partial charge in [0.15, 0.2) is 0 Å². The van der Waals surface area contributed by atoms with Crippen LogP contribution >= 0.6 is 0 Å². The first-order valence-corrected chi connectivity index (χ1v) is 9.25. The second-order valence-electron chi connectivity index (χ2n) is 5.66. The van der Waals surface area contributed by atoms with Crippen molar-refractivity contribution in [3.63, 3.8) is 0 Å². The molecule has 1 aliphatic heterocycles. The Kier molecular flexibility index (Phi) is 5.04. The van der Waals surface area contributed by atoms with Gasteiger partial charge in [-0.2, -0.15) is 5.10 Å². The number of hydrogen-bond acceptors (Lipinski definition) is 5. The van der Waals surface area contributed by atoms with Crippen molar-refractivity contribution in [1.29, 1.82) is 0 Å². The van der Waals surface area contributed by atoms with Gasteiger partial charge in [0.2, 0.25) is 10.0 Å². The summed E-state index contributed by atoms with van der Waals surface area (Å²) in [7, 11) is -3.42. The number of hydrogen-bond donors (Lipinski definition) is 1. The standard InChI is InChI=1S/C15H21N5O2S/c21-23(22,15-6-2-1-3-7-15)18-8-10-19-9-4-5-14(19)11-20-13-16-12-17-20/h1-3,6-7,12-14,18H,4-5,8-11H2/t14-/m0/s1. The largest absolute Gasteiger partial charge is 0.297 e. The van der Waals surface area contributed by atoms with Crippen molar-refractivity contribution in [2.24, 2.45) is 0 Å². The fourth-order valence-corrected chi connectivity index (χ4v) is 3.99. The molecule has 1 aromatic carbocycles. The summed E-state index contributed by atoms with van der Waals surface area (Å²) in [4.78, 5) is 6.58. The van der Waals surface area contributed by atoms with E-state index in [1.807, 2.05) is 4.68 Å². The molecule has 0 aliphatic carbocycles. The average Bonchev–Trinajstić information content (AvgIpc) is 3.21. The molecule has 2 aromatic rings. The van der Waals surface area contributed by atoms with Crippen molar-refractivity contribution in [2.45, 2.75) is 30.3 Å². The second kappa shape index (κ2) is 7.20. The summed E-state index contributed by atoms with van der Waals surface area (Å²) in [6.07, 6.45) is 5.48. The monoisotopic (exact) mass is 335 g/mol. The minimum atomic E-state index is -3.42. The summed E-state index contributed by atoms with van der Waals surface area (Å²) in [5.74, 6) is 0. The van der Waals surface area contributed by atoms with Crippen LogP contribution in [-0.2, 0) is 16.6 Å². The van der Waals surface area contributed by atoms with Gasteiger partial charge in [-0.15, -0.1) is 0 Å². The third-order valence-corrected chi connectivity index (χ3v) is 5.58. The van der Waals surface area contributed by atoms with Gasteiger partial charge in [-0.3, -0.25) is 9.58 Å². The zero-order valence-electron chi connectivity index (χ0n) is 12.9. The smallest absolute Gasteiger partial charge is 0.240 e. The first-order valence-electron chi connectivity index (χ1n) is 7.76. The van der Waals surface area contributed by atoms with Crippen LogP contribution in [0.2, 0.25) is 0 Å². The van der Waals surface area contributed by atoms with Gasteiger partial charge >= 0.3 is 0 Å². The molecule has 0 amide bonds.